The van der Waals surface area contributed by atoms with Gasteiger partial charge in [0.2, 0.25) is 5.91 Å². The van der Waals surface area contributed by atoms with Crippen LogP contribution in [0.5, 0.6) is 0 Å². The minimum Gasteiger partial charge on any atom is -0.481 e. The van der Waals surface area contributed by atoms with Gasteiger partial charge in [0, 0.05) is 18.0 Å². The summed E-state index contributed by atoms with van der Waals surface area (Å²) in [5.74, 6) is -2.55. The minimum absolute atomic E-state index is 0.00747. The summed E-state index contributed by atoms with van der Waals surface area (Å²) >= 11 is 0. The second kappa shape index (κ2) is 13.3. The first-order valence-electron chi connectivity index (χ1n) is 13.9. The molecule has 4 rings (SSSR count). The Hall–Kier alpha value is -4.66. The first-order chi connectivity index (χ1) is 20.0. The lowest BCUT2D eigenvalue weighted by molar-refractivity contribution is -0.150. The van der Waals surface area contributed by atoms with Crippen LogP contribution < -0.4 is 5.32 Å². The number of hydrogen-bond acceptors (Lipinski definition) is 6. The third-order valence-electron chi connectivity index (χ3n) is 7.17. The summed E-state index contributed by atoms with van der Waals surface area (Å²) in [6.45, 7) is 5.20. The second-order valence-corrected chi connectivity index (χ2v) is 11.2. The number of hydrogen-bond donors (Lipinski definition) is 2. The molecular formula is C33H36N2O7. The van der Waals surface area contributed by atoms with E-state index in [4.69, 9.17) is 9.47 Å². The van der Waals surface area contributed by atoms with Crippen molar-refractivity contribution in [3.63, 3.8) is 0 Å². The Bertz CT molecular complexity index is 1390. The van der Waals surface area contributed by atoms with Crippen molar-refractivity contribution in [3.8, 4) is 11.1 Å². The van der Waals surface area contributed by atoms with E-state index in [1.165, 1.54) is 4.90 Å². The molecule has 0 bridgehead atoms. The molecule has 0 spiro atoms. The molecule has 0 unspecified atom stereocenters. The van der Waals surface area contributed by atoms with Crippen LogP contribution in [-0.4, -0.2) is 58.7 Å². The number of benzene rings is 3. The first kappa shape index (κ1) is 30.3. The molecule has 1 atom stereocenters. The fraction of sp³-hybridized carbons (Fsp3) is 0.333. The molecule has 3 aromatic rings. The van der Waals surface area contributed by atoms with Crippen LogP contribution in [0.3, 0.4) is 0 Å². The summed E-state index contributed by atoms with van der Waals surface area (Å²) in [6, 6.07) is 23.6. The fourth-order valence-corrected chi connectivity index (χ4v) is 5.12. The maximum Gasteiger partial charge on any atom is 0.407 e. The van der Waals surface area contributed by atoms with Gasteiger partial charge in [-0.3, -0.25) is 14.4 Å². The molecule has 9 nitrogen and oxygen atoms in total. The van der Waals surface area contributed by atoms with E-state index in [1.807, 2.05) is 66.7 Å². The fourth-order valence-electron chi connectivity index (χ4n) is 5.12. The Kier molecular flexibility index (Phi) is 9.62. The average Bonchev–Trinajstić information content (AvgIpc) is 3.28. The largest absolute Gasteiger partial charge is 0.481 e. The van der Waals surface area contributed by atoms with Gasteiger partial charge < -0.3 is 24.8 Å². The molecule has 0 saturated carbocycles. The quantitative estimate of drug-likeness (QED) is 0.306. The Balaban J connectivity index is 1.48. The zero-order valence-electron chi connectivity index (χ0n) is 24.0. The highest BCUT2D eigenvalue weighted by molar-refractivity contribution is 5.90. The first-order valence-corrected chi connectivity index (χ1v) is 13.9. The predicted molar refractivity (Wildman–Crippen MR) is 157 cm³/mol. The van der Waals surface area contributed by atoms with E-state index < -0.39 is 41.9 Å². The summed E-state index contributed by atoms with van der Waals surface area (Å²) in [4.78, 5) is 52.2. The number of nitrogens with one attached hydrogen (secondary N) is 1. The van der Waals surface area contributed by atoms with E-state index in [1.54, 1.807) is 32.9 Å². The van der Waals surface area contributed by atoms with Crippen LogP contribution >= 0.6 is 0 Å². The van der Waals surface area contributed by atoms with Crippen LogP contribution in [0.15, 0.2) is 78.9 Å². The number of alkyl carbamates (subject to hydrolysis) is 1. The number of ether oxygens (including phenoxy) is 2. The molecule has 2 N–H and O–H groups in total. The van der Waals surface area contributed by atoms with E-state index in [2.05, 4.69) is 5.32 Å². The van der Waals surface area contributed by atoms with Crippen LogP contribution in [0.4, 0.5) is 4.79 Å². The van der Waals surface area contributed by atoms with Gasteiger partial charge in [0.25, 0.3) is 0 Å². The molecule has 0 heterocycles. The van der Waals surface area contributed by atoms with Crippen molar-refractivity contribution in [2.45, 2.75) is 57.7 Å². The van der Waals surface area contributed by atoms with E-state index in [-0.39, 0.29) is 32.1 Å². The number of nitrogens with zero attached hydrogens (tertiary/aromatic N) is 1. The third kappa shape index (κ3) is 7.54. The van der Waals surface area contributed by atoms with Gasteiger partial charge in [0.1, 0.15) is 19.3 Å². The number of amides is 2. The normalized spacial score (nSPS) is 12.9. The molecule has 1 aliphatic carbocycles. The van der Waals surface area contributed by atoms with Crippen LogP contribution in [0.25, 0.3) is 11.1 Å². The van der Waals surface area contributed by atoms with Gasteiger partial charge in [-0.1, -0.05) is 78.9 Å². The van der Waals surface area contributed by atoms with Crippen LogP contribution in [0, 0.1) is 0 Å². The number of carbonyl (C=O) groups is 4. The van der Waals surface area contributed by atoms with Crippen molar-refractivity contribution in [1.82, 2.24) is 10.2 Å². The van der Waals surface area contributed by atoms with Gasteiger partial charge in [0.05, 0.1) is 12.8 Å². The zero-order valence-corrected chi connectivity index (χ0v) is 24.0. The molecule has 0 radical (unpaired) electrons. The van der Waals surface area contributed by atoms with E-state index in [9.17, 15) is 24.3 Å². The minimum atomic E-state index is -1.32. The highest BCUT2D eigenvalue weighted by Gasteiger charge is 2.35. The van der Waals surface area contributed by atoms with Crippen molar-refractivity contribution in [2.75, 3.05) is 13.2 Å². The van der Waals surface area contributed by atoms with Crippen LogP contribution in [0.1, 0.15) is 56.2 Å². The molecule has 2 amide bonds. The number of carboxylic acids is 1. The van der Waals surface area contributed by atoms with Gasteiger partial charge in [-0.25, -0.2) is 4.79 Å². The standard InChI is InChI=1S/C33H36N2O7/c1-33(2,3)35(18-17-29(36)37)31(39)28(19-30(38)41-20-22-11-5-4-6-12-22)34-32(40)42-21-27-25-15-9-7-13-23(25)24-14-8-10-16-26(24)27/h4-16,27-28H,17-21H2,1-3H3,(H,34,40)(H,36,37)/t28-/m0/s1. The lowest BCUT2D eigenvalue weighted by Crippen LogP contribution is -2.55. The molecule has 0 fully saturated rings. The summed E-state index contributed by atoms with van der Waals surface area (Å²) in [7, 11) is 0. The van der Waals surface area contributed by atoms with Gasteiger partial charge in [-0.15, -0.1) is 0 Å². The number of carbonyl (C=O) groups excluding carboxylic acids is 3. The van der Waals surface area contributed by atoms with Crippen LogP contribution in [0.2, 0.25) is 0 Å². The molecule has 42 heavy (non-hydrogen) atoms. The molecule has 0 aromatic heterocycles. The number of esters is 1. The monoisotopic (exact) mass is 572 g/mol. The smallest absolute Gasteiger partial charge is 0.407 e. The van der Waals surface area contributed by atoms with Gasteiger partial charge in [-0.05, 0) is 48.6 Å². The number of fused-ring (bicyclic) bond motifs is 3. The SMILES string of the molecule is CC(C)(C)N(CCC(=O)O)C(=O)[C@H](CC(=O)OCc1ccccc1)NC(=O)OCC1c2ccccc2-c2ccccc21. The summed E-state index contributed by atoms with van der Waals surface area (Å²) < 4.78 is 11.0. The molecule has 0 saturated heterocycles. The molecule has 1 aliphatic rings. The van der Waals surface area contributed by atoms with Crippen molar-refractivity contribution >= 4 is 23.9 Å². The molecule has 9 heteroatoms. The summed E-state index contributed by atoms with van der Waals surface area (Å²) in [5.41, 5.74) is 4.23. The molecular weight excluding hydrogens is 536 g/mol. The van der Waals surface area contributed by atoms with E-state index >= 15 is 0 Å². The Morgan fingerprint density at radius 3 is 2.00 bits per heavy atom. The Morgan fingerprint density at radius 2 is 1.43 bits per heavy atom. The molecule has 220 valence electrons. The highest BCUT2D eigenvalue weighted by atomic mass is 16.5. The number of rotatable bonds is 11. The van der Waals surface area contributed by atoms with Crippen molar-refractivity contribution < 1.29 is 33.8 Å². The van der Waals surface area contributed by atoms with Gasteiger partial charge in [-0.2, -0.15) is 0 Å². The van der Waals surface area contributed by atoms with E-state index in [0.29, 0.717) is 0 Å². The Labute approximate surface area is 245 Å². The average molecular weight is 573 g/mol. The number of carboxylic acid groups (broad SMARTS) is 1. The number of aliphatic carboxylic acids is 1. The van der Waals surface area contributed by atoms with Gasteiger partial charge in [0.15, 0.2) is 0 Å². The second-order valence-electron chi connectivity index (χ2n) is 11.2. The van der Waals surface area contributed by atoms with Crippen molar-refractivity contribution in [1.29, 1.82) is 0 Å². The predicted octanol–water partition coefficient (Wildman–Crippen LogP) is 5.13. The van der Waals surface area contributed by atoms with Crippen LogP contribution in [-0.2, 0) is 30.5 Å². The highest BCUT2D eigenvalue weighted by Crippen LogP contribution is 2.44. The summed E-state index contributed by atoms with van der Waals surface area (Å²) in [5, 5.41) is 11.8. The lowest BCUT2D eigenvalue weighted by atomic mass is 9.98. The zero-order chi connectivity index (χ0) is 30.3. The maximum atomic E-state index is 13.7. The topological polar surface area (TPSA) is 122 Å². The van der Waals surface area contributed by atoms with Gasteiger partial charge >= 0.3 is 18.0 Å². The molecule has 0 aliphatic heterocycles. The maximum absolute atomic E-state index is 13.7. The lowest BCUT2D eigenvalue weighted by Gasteiger charge is -2.37. The van der Waals surface area contributed by atoms with Crippen molar-refractivity contribution in [2.24, 2.45) is 0 Å². The van der Waals surface area contributed by atoms with E-state index in [0.717, 1.165) is 27.8 Å². The Morgan fingerprint density at radius 1 is 0.857 bits per heavy atom. The third-order valence-corrected chi connectivity index (χ3v) is 7.17. The summed E-state index contributed by atoms with van der Waals surface area (Å²) in [6.07, 6.45) is -1.60. The van der Waals surface area contributed by atoms with Crippen molar-refractivity contribution in [3.05, 3.63) is 95.6 Å². The molecule has 3 aromatic carbocycles.